The van der Waals surface area contributed by atoms with Crippen LogP contribution in [0.1, 0.15) is 393 Å². The van der Waals surface area contributed by atoms with Gasteiger partial charge >= 0.3 is 17.9 Å². The summed E-state index contributed by atoms with van der Waals surface area (Å²) in [5.74, 6) is -0.851. The van der Waals surface area contributed by atoms with Crippen molar-refractivity contribution in [3.8, 4) is 0 Å². The molecule has 0 aromatic heterocycles. The fourth-order valence-corrected chi connectivity index (χ4v) is 10.8. The molecule has 0 bridgehead atoms. The molecule has 0 spiro atoms. The number of hydrogen-bond acceptors (Lipinski definition) is 6. The van der Waals surface area contributed by atoms with Gasteiger partial charge in [0.25, 0.3) is 0 Å². The molecule has 1 unspecified atom stereocenters. The molecule has 0 aliphatic heterocycles. The Morgan fingerprint density at radius 1 is 0.247 bits per heavy atom. The first-order valence-corrected chi connectivity index (χ1v) is 36.1. The number of unbranched alkanes of at least 4 members (excludes halogenated alkanes) is 48. The lowest BCUT2D eigenvalue weighted by Crippen LogP contribution is -2.30. The maximum Gasteiger partial charge on any atom is 0.306 e. The number of ether oxygens (including phenoxy) is 3. The van der Waals surface area contributed by atoms with E-state index >= 15 is 0 Å². The molecule has 0 N–H and O–H groups in total. The second-order valence-electron chi connectivity index (χ2n) is 24.5. The fraction of sp³-hybridized carbons (Fsp3) is 0.853. The van der Waals surface area contributed by atoms with E-state index in [0.29, 0.717) is 19.3 Å². The summed E-state index contributed by atoms with van der Waals surface area (Å²) in [7, 11) is 0. The van der Waals surface area contributed by atoms with Crippen LogP contribution in [-0.2, 0) is 28.6 Å². The average molecular weight is 1140 g/mol. The van der Waals surface area contributed by atoms with Crippen LogP contribution in [0.3, 0.4) is 0 Å². The molecular weight excluding hydrogens is 997 g/mol. The Bertz CT molecular complexity index is 1400. The molecule has 0 fully saturated rings. The quantitative estimate of drug-likeness (QED) is 0.0261. The summed E-state index contributed by atoms with van der Waals surface area (Å²) in [4.78, 5) is 38.5. The van der Waals surface area contributed by atoms with Crippen LogP contribution in [0, 0.1) is 0 Å². The number of rotatable bonds is 67. The molecule has 0 amide bonds. The van der Waals surface area contributed by atoms with Crippen molar-refractivity contribution in [3.05, 3.63) is 48.6 Å². The Morgan fingerprint density at radius 2 is 0.444 bits per heavy atom. The molecular formula is C75H138O6. The van der Waals surface area contributed by atoms with Crippen LogP contribution >= 0.6 is 0 Å². The zero-order valence-corrected chi connectivity index (χ0v) is 54.6. The van der Waals surface area contributed by atoms with Gasteiger partial charge in [0.15, 0.2) is 6.10 Å². The molecule has 0 saturated heterocycles. The van der Waals surface area contributed by atoms with E-state index in [9.17, 15) is 14.4 Å². The number of allylic oxidation sites excluding steroid dienone is 8. The van der Waals surface area contributed by atoms with Gasteiger partial charge in [0.1, 0.15) is 13.2 Å². The smallest absolute Gasteiger partial charge is 0.306 e. The summed E-state index contributed by atoms with van der Waals surface area (Å²) in [6, 6.07) is 0. The Morgan fingerprint density at radius 3 is 0.691 bits per heavy atom. The van der Waals surface area contributed by atoms with E-state index in [1.807, 2.05) is 0 Å². The van der Waals surface area contributed by atoms with Crippen molar-refractivity contribution in [1.82, 2.24) is 0 Å². The molecule has 0 aliphatic carbocycles. The lowest BCUT2D eigenvalue weighted by Gasteiger charge is -2.18. The zero-order valence-electron chi connectivity index (χ0n) is 54.6. The van der Waals surface area contributed by atoms with E-state index in [2.05, 4.69) is 69.4 Å². The summed E-state index contributed by atoms with van der Waals surface area (Å²) in [6.07, 6.45) is 88.5. The van der Waals surface area contributed by atoms with Gasteiger partial charge in [-0.15, -0.1) is 0 Å². The number of carbonyl (C=O) groups excluding carboxylic acids is 3. The number of esters is 3. The van der Waals surface area contributed by atoms with Crippen LogP contribution in [-0.4, -0.2) is 37.2 Å². The third-order valence-electron chi connectivity index (χ3n) is 16.3. The zero-order chi connectivity index (χ0) is 58.5. The average Bonchev–Trinajstić information content (AvgIpc) is 3.47. The highest BCUT2D eigenvalue weighted by Gasteiger charge is 2.19. The van der Waals surface area contributed by atoms with Crippen LogP contribution in [0.5, 0.6) is 0 Å². The van der Waals surface area contributed by atoms with Crippen molar-refractivity contribution in [2.24, 2.45) is 0 Å². The Hall–Kier alpha value is -2.63. The molecule has 474 valence electrons. The summed E-state index contributed by atoms with van der Waals surface area (Å²) in [5.41, 5.74) is 0. The second-order valence-corrected chi connectivity index (χ2v) is 24.5. The second kappa shape index (κ2) is 69.9. The van der Waals surface area contributed by atoms with Crippen molar-refractivity contribution in [2.75, 3.05) is 13.2 Å². The summed E-state index contributed by atoms with van der Waals surface area (Å²) in [5, 5.41) is 0. The third kappa shape index (κ3) is 68.0. The maximum atomic E-state index is 13.0. The molecule has 1 atom stereocenters. The van der Waals surface area contributed by atoms with Crippen LogP contribution in [0.15, 0.2) is 48.6 Å². The Labute approximate surface area is 505 Å². The maximum absolute atomic E-state index is 13.0. The topological polar surface area (TPSA) is 78.9 Å². The molecule has 0 heterocycles. The van der Waals surface area contributed by atoms with Gasteiger partial charge in [0.2, 0.25) is 0 Å². The van der Waals surface area contributed by atoms with Crippen molar-refractivity contribution in [1.29, 1.82) is 0 Å². The van der Waals surface area contributed by atoms with Gasteiger partial charge in [0, 0.05) is 19.3 Å². The lowest BCUT2D eigenvalue weighted by molar-refractivity contribution is -0.167. The van der Waals surface area contributed by atoms with Crippen LogP contribution < -0.4 is 0 Å². The number of hydrogen-bond donors (Lipinski definition) is 0. The van der Waals surface area contributed by atoms with E-state index in [1.165, 1.54) is 289 Å². The largest absolute Gasteiger partial charge is 0.462 e. The van der Waals surface area contributed by atoms with Gasteiger partial charge in [-0.05, 0) is 103 Å². The van der Waals surface area contributed by atoms with Crippen molar-refractivity contribution >= 4 is 17.9 Å². The highest BCUT2D eigenvalue weighted by atomic mass is 16.6. The number of carbonyl (C=O) groups is 3. The van der Waals surface area contributed by atoms with E-state index in [-0.39, 0.29) is 31.1 Å². The highest BCUT2D eigenvalue weighted by molar-refractivity contribution is 5.71. The normalized spacial score (nSPS) is 12.3. The van der Waals surface area contributed by atoms with Crippen molar-refractivity contribution < 1.29 is 28.6 Å². The molecule has 81 heavy (non-hydrogen) atoms. The molecule has 0 aromatic carbocycles. The van der Waals surface area contributed by atoms with Gasteiger partial charge < -0.3 is 14.2 Å². The Balaban J connectivity index is 4.28. The minimum Gasteiger partial charge on any atom is -0.462 e. The third-order valence-corrected chi connectivity index (χ3v) is 16.3. The lowest BCUT2D eigenvalue weighted by atomic mass is 10.0. The van der Waals surface area contributed by atoms with E-state index < -0.39 is 6.10 Å². The summed E-state index contributed by atoms with van der Waals surface area (Å²) >= 11 is 0. The minimum atomic E-state index is -0.776. The first-order valence-electron chi connectivity index (χ1n) is 36.1. The van der Waals surface area contributed by atoms with Crippen molar-refractivity contribution in [2.45, 2.75) is 399 Å². The molecule has 6 heteroatoms. The monoisotopic (exact) mass is 1140 g/mol. The van der Waals surface area contributed by atoms with Gasteiger partial charge in [-0.3, -0.25) is 14.4 Å². The fourth-order valence-electron chi connectivity index (χ4n) is 10.8. The predicted molar refractivity (Wildman–Crippen MR) is 353 cm³/mol. The van der Waals surface area contributed by atoms with Gasteiger partial charge in [-0.1, -0.05) is 320 Å². The van der Waals surface area contributed by atoms with Crippen LogP contribution in [0.25, 0.3) is 0 Å². The molecule has 6 nitrogen and oxygen atoms in total. The van der Waals surface area contributed by atoms with E-state index in [0.717, 1.165) is 64.2 Å². The first kappa shape index (κ1) is 78.4. The first-order chi connectivity index (χ1) is 40.0. The summed E-state index contributed by atoms with van der Waals surface area (Å²) < 4.78 is 17.0. The summed E-state index contributed by atoms with van der Waals surface area (Å²) in [6.45, 7) is 6.69. The Kier molecular flexibility index (Phi) is 67.6. The molecule has 0 aliphatic rings. The minimum absolute atomic E-state index is 0.0715. The van der Waals surface area contributed by atoms with E-state index in [4.69, 9.17) is 14.2 Å². The molecule has 0 aromatic rings. The van der Waals surface area contributed by atoms with Crippen LogP contribution in [0.2, 0.25) is 0 Å². The molecule has 0 rings (SSSR count). The standard InChI is InChI=1S/C75H138O6/c1-4-7-10-13-16-19-22-25-28-31-33-34-35-36-37-38-39-40-42-44-47-50-53-56-59-62-65-68-74(77)80-71-72(70-79-73(76)67-64-61-58-55-52-49-46-43-30-27-24-21-18-15-12-9-6-3)81-75(78)69-66-63-60-57-54-51-48-45-41-32-29-26-23-20-17-14-11-8-5-2/h22,25-27,29-31,33,72H,4-21,23-24,28,32,34-71H2,1-3H3/b25-22-,29-26-,30-27-,33-31-. The molecule has 0 saturated carbocycles. The van der Waals surface area contributed by atoms with Gasteiger partial charge in [0.05, 0.1) is 0 Å². The highest BCUT2D eigenvalue weighted by Crippen LogP contribution is 2.18. The van der Waals surface area contributed by atoms with E-state index in [1.54, 1.807) is 0 Å². The van der Waals surface area contributed by atoms with Gasteiger partial charge in [-0.25, -0.2) is 0 Å². The van der Waals surface area contributed by atoms with Crippen molar-refractivity contribution in [3.63, 3.8) is 0 Å². The predicted octanol–water partition coefficient (Wildman–Crippen LogP) is 24.9. The molecule has 0 radical (unpaired) electrons. The van der Waals surface area contributed by atoms with Crippen LogP contribution in [0.4, 0.5) is 0 Å². The van der Waals surface area contributed by atoms with Gasteiger partial charge in [-0.2, -0.15) is 0 Å². The SMILES string of the molecule is CCCCCCC/C=C\C/C=C\CCCCCCCCCCCCCCCCCC(=O)OCC(COC(=O)CCCCCCCCC/C=C\CCCCCCCC)OC(=O)CCCCCCCCCCC/C=C\CCCCCCCC.